The molecule has 1 saturated carbocycles. The maximum Gasteiger partial charge on any atom is 0.251 e. The molecule has 1 aliphatic carbocycles. The van der Waals surface area contributed by atoms with Crippen LogP contribution in [0.5, 0.6) is 0 Å². The van der Waals surface area contributed by atoms with Crippen LogP contribution < -0.4 is 16.4 Å². The maximum absolute atomic E-state index is 12.2. The van der Waals surface area contributed by atoms with Crippen molar-refractivity contribution >= 4 is 23.4 Å². The van der Waals surface area contributed by atoms with Gasteiger partial charge in [-0.25, -0.2) is 0 Å². The fourth-order valence-corrected chi connectivity index (χ4v) is 4.06. The quantitative estimate of drug-likeness (QED) is 0.698. The largest absolute Gasteiger partial charge is 0.352 e. The second-order valence-electron chi connectivity index (χ2n) is 7.39. The van der Waals surface area contributed by atoms with Crippen LogP contribution in [-0.2, 0) is 10.2 Å². The van der Waals surface area contributed by atoms with E-state index in [2.05, 4.69) is 16.7 Å². The summed E-state index contributed by atoms with van der Waals surface area (Å²) < 4.78 is 0. The van der Waals surface area contributed by atoms with Crippen molar-refractivity contribution < 1.29 is 9.59 Å². The Kier molecular flexibility index (Phi) is 6.70. The molecule has 6 heteroatoms. The number of rotatable bonds is 6. The Balaban J connectivity index is 1.49. The molecule has 2 aromatic rings. The molecular weight excluding hydrogens is 374 g/mol. The molecule has 28 heavy (non-hydrogen) atoms. The smallest absolute Gasteiger partial charge is 0.251 e. The van der Waals surface area contributed by atoms with E-state index in [0.29, 0.717) is 12.1 Å². The van der Waals surface area contributed by atoms with Gasteiger partial charge in [-0.05, 0) is 55.5 Å². The van der Waals surface area contributed by atoms with Gasteiger partial charge >= 0.3 is 0 Å². The highest BCUT2D eigenvalue weighted by Crippen LogP contribution is 2.39. The molecule has 5 nitrogen and oxygen atoms in total. The first-order valence-electron chi connectivity index (χ1n) is 9.61. The van der Waals surface area contributed by atoms with Gasteiger partial charge in [-0.1, -0.05) is 41.9 Å². The van der Waals surface area contributed by atoms with Crippen molar-refractivity contribution in [1.29, 1.82) is 0 Å². The second-order valence-corrected chi connectivity index (χ2v) is 7.82. The Morgan fingerprint density at radius 2 is 1.79 bits per heavy atom. The van der Waals surface area contributed by atoms with Gasteiger partial charge in [0, 0.05) is 28.6 Å². The molecule has 2 aromatic carbocycles. The third-order valence-electron chi connectivity index (χ3n) is 5.58. The van der Waals surface area contributed by atoms with Crippen LogP contribution in [0.1, 0.15) is 41.6 Å². The van der Waals surface area contributed by atoms with Crippen molar-refractivity contribution in [3.05, 3.63) is 70.7 Å². The molecule has 0 bridgehead atoms. The van der Waals surface area contributed by atoms with Crippen LogP contribution in [-0.4, -0.2) is 30.9 Å². The van der Waals surface area contributed by atoms with Gasteiger partial charge in [0.05, 0.1) is 6.54 Å². The summed E-state index contributed by atoms with van der Waals surface area (Å²) >= 11 is 6.15. The van der Waals surface area contributed by atoms with E-state index < -0.39 is 0 Å². The molecule has 0 saturated heterocycles. The Morgan fingerprint density at radius 1 is 1.07 bits per heavy atom. The van der Waals surface area contributed by atoms with Gasteiger partial charge in [0.25, 0.3) is 5.91 Å². The second kappa shape index (κ2) is 9.22. The van der Waals surface area contributed by atoms with Crippen LogP contribution in [0, 0.1) is 0 Å². The minimum absolute atomic E-state index is 0.0272. The molecule has 3 rings (SSSR count). The molecule has 148 valence electrons. The molecule has 0 radical (unpaired) electrons. The van der Waals surface area contributed by atoms with Gasteiger partial charge < -0.3 is 16.4 Å². The molecule has 0 heterocycles. The van der Waals surface area contributed by atoms with Gasteiger partial charge in [-0.2, -0.15) is 0 Å². The maximum atomic E-state index is 12.2. The molecule has 0 atom stereocenters. The summed E-state index contributed by atoms with van der Waals surface area (Å²) in [5.74, 6) is -0.417. The minimum atomic E-state index is -0.248. The number of carbonyl (C=O) groups is 2. The predicted octanol–water partition coefficient (Wildman–Crippen LogP) is 3.03. The number of hydrogen-bond donors (Lipinski definition) is 3. The van der Waals surface area contributed by atoms with Crippen molar-refractivity contribution in [3.63, 3.8) is 0 Å². The molecular formula is C22H26ClN3O2. The van der Waals surface area contributed by atoms with E-state index in [0.717, 1.165) is 30.7 Å². The lowest BCUT2D eigenvalue weighted by Gasteiger charge is -2.40. The highest BCUT2D eigenvalue weighted by atomic mass is 35.5. The lowest BCUT2D eigenvalue weighted by atomic mass is 9.68. The lowest BCUT2D eigenvalue weighted by Crippen LogP contribution is -2.47. The van der Waals surface area contributed by atoms with E-state index in [1.807, 2.05) is 24.3 Å². The normalized spacial score (nSPS) is 21.7. The number of amides is 2. The number of benzene rings is 2. The third kappa shape index (κ3) is 4.91. The Morgan fingerprint density at radius 3 is 2.43 bits per heavy atom. The first-order valence-corrected chi connectivity index (χ1v) is 9.99. The Bertz CT molecular complexity index is 818. The molecule has 1 fully saturated rings. The fourth-order valence-electron chi connectivity index (χ4n) is 3.87. The average Bonchev–Trinajstić information content (AvgIpc) is 2.73. The van der Waals surface area contributed by atoms with Crippen molar-refractivity contribution in [3.8, 4) is 0 Å². The SMILES string of the molecule is NC[C@]1(c2cccc(Cl)c2)CC[C@H](NC(=O)CNC(=O)c2ccccc2)CC1. The molecule has 2 amide bonds. The van der Waals surface area contributed by atoms with Crippen molar-refractivity contribution in [1.82, 2.24) is 10.6 Å². The summed E-state index contributed by atoms with van der Waals surface area (Å²) in [5.41, 5.74) is 7.75. The Labute approximate surface area is 170 Å². The van der Waals surface area contributed by atoms with E-state index in [9.17, 15) is 9.59 Å². The monoisotopic (exact) mass is 399 g/mol. The summed E-state index contributed by atoms with van der Waals surface area (Å²) in [4.78, 5) is 24.3. The fraction of sp³-hybridized carbons (Fsp3) is 0.364. The zero-order chi connectivity index (χ0) is 20.0. The van der Waals surface area contributed by atoms with Gasteiger partial charge in [0.15, 0.2) is 0 Å². The predicted molar refractivity (Wildman–Crippen MR) is 111 cm³/mol. The van der Waals surface area contributed by atoms with Crippen LogP contribution in [0.2, 0.25) is 5.02 Å². The molecule has 0 spiro atoms. The van der Waals surface area contributed by atoms with E-state index in [4.69, 9.17) is 17.3 Å². The highest BCUT2D eigenvalue weighted by Gasteiger charge is 2.36. The number of carbonyl (C=O) groups excluding carboxylic acids is 2. The van der Waals surface area contributed by atoms with E-state index in [1.165, 1.54) is 5.56 Å². The molecule has 0 unspecified atom stereocenters. The summed E-state index contributed by atoms with van der Waals surface area (Å²) in [6.07, 6.45) is 3.49. The summed E-state index contributed by atoms with van der Waals surface area (Å²) in [7, 11) is 0. The van der Waals surface area contributed by atoms with E-state index >= 15 is 0 Å². The third-order valence-corrected chi connectivity index (χ3v) is 5.82. The standard InChI is InChI=1S/C22H26ClN3O2/c23-18-8-4-7-17(13-18)22(15-24)11-9-19(10-12-22)26-20(27)14-25-21(28)16-5-2-1-3-6-16/h1-8,13,19H,9-12,14-15,24H2,(H,25,28)(H,26,27)/t19-,22-. The lowest BCUT2D eigenvalue weighted by molar-refractivity contribution is -0.121. The van der Waals surface area contributed by atoms with Crippen LogP contribution >= 0.6 is 11.6 Å². The van der Waals surface area contributed by atoms with Gasteiger partial charge in [-0.3, -0.25) is 9.59 Å². The van der Waals surface area contributed by atoms with Crippen LogP contribution in [0.15, 0.2) is 54.6 Å². The van der Waals surface area contributed by atoms with Gasteiger partial charge in [-0.15, -0.1) is 0 Å². The zero-order valence-electron chi connectivity index (χ0n) is 15.8. The van der Waals surface area contributed by atoms with Crippen molar-refractivity contribution in [2.24, 2.45) is 5.73 Å². The van der Waals surface area contributed by atoms with E-state index in [-0.39, 0.29) is 29.8 Å². The van der Waals surface area contributed by atoms with Crippen LogP contribution in [0.25, 0.3) is 0 Å². The average molecular weight is 400 g/mol. The number of halogens is 1. The van der Waals surface area contributed by atoms with Crippen molar-refractivity contribution in [2.45, 2.75) is 37.1 Å². The van der Waals surface area contributed by atoms with E-state index in [1.54, 1.807) is 24.3 Å². The van der Waals surface area contributed by atoms with Crippen LogP contribution in [0.3, 0.4) is 0 Å². The summed E-state index contributed by atoms with van der Waals surface area (Å²) in [5, 5.41) is 6.41. The first kappa shape index (κ1) is 20.4. The number of nitrogens with two attached hydrogens (primary N) is 1. The molecule has 0 aliphatic heterocycles. The first-order chi connectivity index (χ1) is 13.5. The van der Waals surface area contributed by atoms with Gasteiger partial charge in [0.2, 0.25) is 5.91 Å². The van der Waals surface area contributed by atoms with Gasteiger partial charge in [0.1, 0.15) is 0 Å². The Hall–Kier alpha value is -2.37. The minimum Gasteiger partial charge on any atom is -0.352 e. The zero-order valence-corrected chi connectivity index (χ0v) is 16.5. The summed E-state index contributed by atoms with van der Waals surface area (Å²) in [6.45, 7) is 0.529. The van der Waals surface area contributed by atoms with Crippen LogP contribution in [0.4, 0.5) is 0 Å². The summed E-state index contributed by atoms with van der Waals surface area (Å²) in [6, 6.07) is 16.9. The molecule has 4 N–H and O–H groups in total. The number of nitrogens with one attached hydrogen (secondary N) is 2. The number of hydrogen-bond acceptors (Lipinski definition) is 3. The highest BCUT2D eigenvalue weighted by molar-refractivity contribution is 6.30. The molecule has 1 aliphatic rings. The van der Waals surface area contributed by atoms with Crippen molar-refractivity contribution in [2.75, 3.05) is 13.1 Å². The topological polar surface area (TPSA) is 84.2 Å². The molecule has 0 aromatic heterocycles.